The predicted octanol–water partition coefficient (Wildman–Crippen LogP) is 4.54. The number of aliphatic hydroxyl groups is 1. The van der Waals surface area contributed by atoms with E-state index in [0.717, 1.165) is 41.7 Å². The lowest BCUT2D eigenvalue weighted by molar-refractivity contribution is 0.156. The molecule has 0 saturated heterocycles. The van der Waals surface area contributed by atoms with Crippen molar-refractivity contribution in [3.8, 4) is 5.75 Å². The molecule has 1 atom stereocenters. The molecule has 2 nitrogen and oxygen atoms in total. The van der Waals surface area contributed by atoms with Crippen LogP contribution in [0.1, 0.15) is 35.6 Å². The molecule has 0 spiro atoms. The van der Waals surface area contributed by atoms with Gasteiger partial charge in [-0.25, -0.2) is 4.39 Å². The summed E-state index contributed by atoms with van der Waals surface area (Å²) in [7, 11) is 0. The van der Waals surface area contributed by atoms with Crippen LogP contribution in [0.3, 0.4) is 0 Å². The zero-order valence-corrected chi connectivity index (χ0v) is 13.1. The summed E-state index contributed by atoms with van der Waals surface area (Å²) in [5.41, 5.74) is 2.91. The average molecular weight is 351 g/mol. The number of rotatable bonds is 3. The molecule has 0 fully saturated rings. The molecule has 1 aliphatic rings. The first-order valence-corrected chi connectivity index (χ1v) is 7.81. The van der Waals surface area contributed by atoms with Crippen LogP contribution in [0.4, 0.5) is 4.39 Å². The fraction of sp³-hybridized carbons (Fsp3) is 0.294. The van der Waals surface area contributed by atoms with Gasteiger partial charge in [0.2, 0.25) is 0 Å². The monoisotopic (exact) mass is 350 g/mol. The minimum atomic E-state index is -0.361. The zero-order chi connectivity index (χ0) is 14.8. The molecule has 3 rings (SSSR count). The van der Waals surface area contributed by atoms with Crippen LogP contribution in [0.2, 0.25) is 0 Å². The second-order valence-corrected chi connectivity index (χ2v) is 6.06. The molecule has 110 valence electrons. The number of fused-ring (bicyclic) bond motifs is 1. The van der Waals surface area contributed by atoms with E-state index in [0.29, 0.717) is 11.1 Å². The Labute approximate surface area is 131 Å². The van der Waals surface area contributed by atoms with Crippen LogP contribution in [-0.4, -0.2) is 5.11 Å². The van der Waals surface area contributed by atoms with Gasteiger partial charge in [-0.1, -0.05) is 18.2 Å². The topological polar surface area (TPSA) is 29.5 Å². The van der Waals surface area contributed by atoms with Crippen molar-refractivity contribution in [2.75, 3.05) is 0 Å². The van der Waals surface area contributed by atoms with Gasteiger partial charge in [-0.05, 0) is 64.5 Å². The number of benzene rings is 2. The van der Waals surface area contributed by atoms with E-state index in [-0.39, 0.29) is 11.9 Å². The molecule has 0 heterocycles. The van der Waals surface area contributed by atoms with Gasteiger partial charge in [-0.2, -0.15) is 0 Å². The first kappa shape index (κ1) is 14.5. The smallest absolute Gasteiger partial charge is 0.137 e. The normalized spacial score (nSPS) is 17.4. The summed E-state index contributed by atoms with van der Waals surface area (Å²) in [6.45, 7) is 0.305. The second-order valence-electron chi connectivity index (χ2n) is 5.27. The standard InChI is InChI=1S/C17H16BrFO2/c18-17-12(4-1-5-15(17)19)10-21-13-7-8-14-11(9-13)3-2-6-16(14)20/h1,4-5,7-9,16,20H,2-3,6,10H2. The second kappa shape index (κ2) is 6.16. The van der Waals surface area contributed by atoms with Gasteiger partial charge in [0.25, 0.3) is 0 Å². The van der Waals surface area contributed by atoms with Crippen molar-refractivity contribution >= 4 is 15.9 Å². The number of hydrogen-bond acceptors (Lipinski definition) is 2. The molecule has 4 heteroatoms. The molecule has 0 saturated carbocycles. The Kier molecular flexibility index (Phi) is 4.27. The zero-order valence-electron chi connectivity index (χ0n) is 11.5. The molecule has 2 aromatic carbocycles. The van der Waals surface area contributed by atoms with Crippen molar-refractivity contribution in [2.45, 2.75) is 32.0 Å². The van der Waals surface area contributed by atoms with Crippen molar-refractivity contribution in [3.63, 3.8) is 0 Å². The van der Waals surface area contributed by atoms with Crippen molar-refractivity contribution in [1.29, 1.82) is 0 Å². The highest BCUT2D eigenvalue weighted by Gasteiger charge is 2.18. The van der Waals surface area contributed by atoms with E-state index in [1.54, 1.807) is 6.07 Å². The van der Waals surface area contributed by atoms with Gasteiger partial charge < -0.3 is 9.84 Å². The molecule has 0 amide bonds. The molecule has 1 aliphatic carbocycles. The summed E-state index contributed by atoms with van der Waals surface area (Å²) in [5, 5.41) is 9.94. The summed E-state index contributed by atoms with van der Waals surface area (Å²) >= 11 is 3.23. The van der Waals surface area contributed by atoms with E-state index in [1.807, 2.05) is 24.3 Å². The van der Waals surface area contributed by atoms with Crippen molar-refractivity contribution in [1.82, 2.24) is 0 Å². The van der Waals surface area contributed by atoms with E-state index in [9.17, 15) is 9.50 Å². The fourth-order valence-corrected chi connectivity index (χ4v) is 3.05. The Bertz CT molecular complexity index is 657. The Hall–Kier alpha value is -1.39. The summed E-state index contributed by atoms with van der Waals surface area (Å²) in [6, 6.07) is 10.7. The van der Waals surface area contributed by atoms with Crippen molar-refractivity contribution in [2.24, 2.45) is 0 Å². The number of aliphatic hydroxyl groups excluding tert-OH is 1. The molecule has 0 bridgehead atoms. The minimum absolute atomic E-state index is 0.287. The van der Waals surface area contributed by atoms with E-state index in [2.05, 4.69) is 15.9 Å². The molecule has 0 aliphatic heterocycles. The average Bonchev–Trinajstić information content (AvgIpc) is 2.49. The maximum Gasteiger partial charge on any atom is 0.137 e. The minimum Gasteiger partial charge on any atom is -0.489 e. The van der Waals surface area contributed by atoms with Gasteiger partial charge in [0, 0.05) is 5.56 Å². The summed E-state index contributed by atoms with van der Waals surface area (Å²) in [4.78, 5) is 0. The SMILES string of the molecule is OC1CCCc2cc(OCc3cccc(F)c3Br)ccc21. The summed E-state index contributed by atoms with van der Waals surface area (Å²) in [5.74, 6) is 0.462. The quantitative estimate of drug-likeness (QED) is 0.880. The van der Waals surface area contributed by atoms with Gasteiger partial charge in [0.1, 0.15) is 18.2 Å². The molecule has 0 radical (unpaired) electrons. The Morgan fingerprint density at radius 3 is 3.00 bits per heavy atom. The highest BCUT2D eigenvalue weighted by atomic mass is 79.9. The van der Waals surface area contributed by atoms with Crippen LogP contribution in [0.15, 0.2) is 40.9 Å². The molecular weight excluding hydrogens is 335 g/mol. The van der Waals surface area contributed by atoms with Gasteiger partial charge in [0.05, 0.1) is 10.6 Å². The molecule has 1 unspecified atom stereocenters. The third-order valence-electron chi connectivity index (χ3n) is 3.82. The molecular formula is C17H16BrFO2. The van der Waals surface area contributed by atoms with Gasteiger partial charge in [-0.3, -0.25) is 0 Å². The lowest BCUT2D eigenvalue weighted by atomic mass is 9.89. The van der Waals surface area contributed by atoms with Crippen molar-refractivity contribution < 1.29 is 14.2 Å². The van der Waals surface area contributed by atoms with Crippen LogP contribution in [-0.2, 0) is 13.0 Å². The van der Waals surface area contributed by atoms with Gasteiger partial charge in [0.15, 0.2) is 0 Å². The maximum atomic E-state index is 13.4. The number of aryl methyl sites for hydroxylation is 1. The number of ether oxygens (including phenoxy) is 1. The van der Waals surface area contributed by atoms with E-state index < -0.39 is 0 Å². The summed E-state index contributed by atoms with van der Waals surface area (Å²) < 4.78 is 19.6. The number of halogens is 2. The Morgan fingerprint density at radius 2 is 2.14 bits per heavy atom. The third kappa shape index (κ3) is 3.11. The van der Waals surface area contributed by atoms with Gasteiger partial charge >= 0.3 is 0 Å². The lowest BCUT2D eigenvalue weighted by Crippen LogP contribution is -2.09. The Balaban J connectivity index is 1.75. The highest BCUT2D eigenvalue weighted by molar-refractivity contribution is 9.10. The first-order valence-electron chi connectivity index (χ1n) is 7.02. The largest absolute Gasteiger partial charge is 0.489 e. The lowest BCUT2D eigenvalue weighted by Gasteiger charge is -2.22. The Morgan fingerprint density at radius 1 is 1.29 bits per heavy atom. The molecule has 21 heavy (non-hydrogen) atoms. The van der Waals surface area contributed by atoms with Crippen LogP contribution in [0.25, 0.3) is 0 Å². The molecule has 2 aromatic rings. The first-order chi connectivity index (χ1) is 10.1. The highest BCUT2D eigenvalue weighted by Crippen LogP contribution is 2.32. The van der Waals surface area contributed by atoms with Crippen LogP contribution in [0.5, 0.6) is 5.75 Å². The summed E-state index contributed by atoms with van der Waals surface area (Å²) in [6.07, 6.45) is 2.42. The molecule has 0 aromatic heterocycles. The van der Waals surface area contributed by atoms with Crippen LogP contribution < -0.4 is 4.74 Å². The van der Waals surface area contributed by atoms with Crippen LogP contribution >= 0.6 is 15.9 Å². The number of hydrogen-bond donors (Lipinski definition) is 1. The fourth-order valence-electron chi connectivity index (χ4n) is 2.68. The maximum absolute atomic E-state index is 13.4. The predicted molar refractivity (Wildman–Crippen MR) is 82.8 cm³/mol. The van der Waals surface area contributed by atoms with Gasteiger partial charge in [-0.15, -0.1) is 0 Å². The third-order valence-corrected chi connectivity index (χ3v) is 4.71. The van der Waals surface area contributed by atoms with E-state index >= 15 is 0 Å². The van der Waals surface area contributed by atoms with E-state index in [1.165, 1.54) is 6.07 Å². The van der Waals surface area contributed by atoms with Crippen molar-refractivity contribution in [3.05, 3.63) is 63.4 Å². The van der Waals surface area contributed by atoms with E-state index in [4.69, 9.17) is 4.74 Å². The molecule has 1 N–H and O–H groups in total. The van der Waals surface area contributed by atoms with Crippen LogP contribution in [0, 0.1) is 5.82 Å².